The van der Waals surface area contributed by atoms with Gasteiger partial charge in [0.15, 0.2) is 0 Å². The Morgan fingerprint density at radius 1 is 1.07 bits per heavy atom. The molecule has 1 aromatic carbocycles. The van der Waals surface area contributed by atoms with Gasteiger partial charge in [0.25, 0.3) is 0 Å². The highest BCUT2D eigenvalue weighted by Crippen LogP contribution is 2.36. The third-order valence-electron chi connectivity index (χ3n) is 7.63. The van der Waals surface area contributed by atoms with Crippen LogP contribution in [0.5, 0.6) is 0 Å². The van der Waals surface area contributed by atoms with Crippen LogP contribution in [0.4, 0.5) is 10.5 Å². The summed E-state index contributed by atoms with van der Waals surface area (Å²) in [4.78, 5) is 41.5. The van der Waals surface area contributed by atoms with Gasteiger partial charge < -0.3 is 19.5 Å². The Balaban J connectivity index is 1.16. The fraction of sp³-hybridized carbons (Fsp3) is 0.500. The lowest BCUT2D eigenvalue weighted by Gasteiger charge is -2.38. The summed E-state index contributed by atoms with van der Waals surface area (Å²) in [7, 11) is 0. The molecule has 214 valence electrons. The van der Waals surface area contributed by atoms with Gasteiger partial charge in [-0.05, 0) is 50.5 Å². The zero-order chi connectivity index (χ0) is 28.4. The van der Waals surface area contributed by atoms with Gasteiger partial charge in [0, 0.05) is 81.4 Å². The third kappa shape index (κ3) is 6.27. The number of aromatic nitrogens is 2. The fourth-order valence-electron chi connectivity index (χ4n) is 5.39. The highest BCUT2D eigenvalue weighted by Gasteiger charge is 2.28. The number of ether oxygens (including phenoxy) is 1. The summed E-state index contributed by atoms with van der Waals surface area (Å²) in [5.41, 5.74) is 4.13. The van der Waals surface area contributed by atoms with Crippen molar-refractivity contribution in [3.05, 3.63) is 47.2 Å². The van der Waals surface area contributed by atoms with Gasteiger partial charge >= 0.3 is 6.09 Å². The fourth-order valence-corrected chi connectivity index (χ4v) is 5.76. The van der Waals surface area contributed by atoms with Crippen molar-refractivity contribution in [3.8, 4) is 11.1 Å². The Labute approximate surface area is 241 Å². The van der Waals surface area contributed by atoms with E-state index in [9.17, 15) is 9.59 Å². The first-order valence-corrected chi connectivity index (χ1v) is 14.5. The summed E-state index contributed by atoms with van der Waals surface area (Å²) in [5.74, 6) is 0.0942. The zero-order valence-corrected chi connectivity index (χ0v) is 24.6. The normalized spacial score (nSPS) is 17.6. The molecule has 4 heterocycles. The molecule has 0 unspecified atom stereocenters. The number of hydrogen-bond donors (Lipinski definition) is 1. The van der Waals surface area contributed by atoms with E-state index in [0.717, 1.165) is 72.6 Å². The van der Waals surface area contributed by atoms with E-state index in [1.54, 1.807) is 11.1 Å². The topological polar surface area (TPSA) is 85.0 Å². The van der Waals surface area contributed by atoms with E-state index in [-0.39, 0.29) is 12.0 Å². The van der Waals surface area contributed by atoms with E-state index >= 15 is 0 Å². The predicted octanol–water partition coefficient (Wildman–Crippen LogP) is 4.65. The van der Waals surface area contributed by atoms with Crippen LogP contribution in [0.15, 0.2) is 36.7 Å². The number of aromatic amines is 1. The highest BCUT2D eigenvalue weighted by molar-refractivity contribution is 6.38. The Morgan fingerprint density at radius 2 is 1.80 bits per heavy atom. The third-order valence-corrected chi connectivity index (χ3v) is 8.02. The van der Waals surface area contributed by atoms with Gasteiger partial charge in [-0.15, -0.1) is 0 Å². The Morgan fingerprint density at radius 3 is 2.50 bits per heavy atom. The molecule has 0 atom stereocenters. The van der Waals surface area contributed by atoms with Crippen LogP contribution in [0.3, 0.4) is 0 Å². The number of carbonyl (C=O) groups excluding carboxylic acids is 2. The number of piperazine rings is 2. The number of nitrogens with zero attached hydrogens (tertiary/aromatic N) is 5. The van der Waals surface area contributed by atoms with Crippen molar-refractivity contribution >= 4 is 40.3 Å². The summed E-state index contributed by atoms with van der Waals surface area (Å²) in [6.07, 6.45) is 4.39. The maximum atomic E-state index is 13.2. The molecule has 2 amide bonds. The van der Waals surface area contributed by atoms with Crippen LogP contribution in [0, 0.1) is 0 Å². The van der Waals surface area contributed by atoms with Gasteiger partial charge in [-0.1, -0.05) is 30.7 Å². The first-order valence-electron chi connectivity index (χ1n) is 14.1. The van der Waals surface area contributed by atoms with Crippen molar-refractivity contribution in [3.63, 3.8) is 0 Å². The minimum atomic E-state index is -0.482. The van der Waals surface area contributed by atoms with Crippen LogP contribution >= 0.6 is 11.6 Å². The molecule has 10 heteroatoms. The summed E-state index contributed by atoms with van der Waals surface area (Å²) < 4.78 is 5.49. The van der Waals surface area contributed by atoms with Crippen molar-refractivity contribution in [1.29, 1.82) is 0 Å². The van der Waals surface area contributed by atoms with E-state index in [2.05, 4.69) is 26.7 Å². The number of benzene rings is 1. The Bertz CT molecular complexity index is 1380. The number of anilines is 1. The average Bonchev–Trinajstić information content (AvgIpc) is 3.36. The monoisotopic (exact) mass is 566 g/mol. The van der Waals surface area contributed by atoms with Gasteiger partial charge in [0.1, 0.15) is 11.2 Å². The summed E-state index contributed by atoms with van der Waals surface area (Å²) in [6, 6.07) is 8.00. The molecule has 0 bridgehead atoms. The highest BCUT2D eigenvalue weighted by atomic mass is 35.5. The molecule has 0 aliphatic carbocycles. The molecule has 2 aromatic heterocycles. The van der Waals surface area contributed by atoms with Crippen molar-refractivity contribution < 1.29 is 14.3 Å². The van der Waals surface area contributed by atoms with Crippen LogP contribution in [0.25, 0.3) is 22.2 Å². The largest absolute Gasteiger partial charge is 0.444 e. The molecular weight excluding hydrogens is 528 g/mol. The SMILES string of the molecule is CCc1c[nH]c2ncc(-c3cccc(N4CCN(CCN5CCN(C(=O)OC(C)(C)C)CC5)CC4=O)c3)c(Cl)c12. The lowest BCUT2D eigenvalue weighted by molar-refractivity contribution is -0.121. The molecule has 2 aliphatic heterocycles. The Hall–Kier alpha value is -3.14. The van der Waals surface area contributed by atoms with Gasteiger partial charge in [-0.2, -0.15) is 0 Å². The smallest absolute Gasteiger partial charge is 0.410 e. The van der Waals surface area contributed by atoms with Crippen molar-refractivity contribution in [2.24, 2.45) is 0 Å². The van der Waals surface area contributed by atoms with Gasteiger partial charge in [-0.25, -0.2) is 9.78 Å². The molecule has 2 aliphatic rings. The lowest BCUT2D eigenvalue weighted by Crippen LogP contribution is -2.54. The lowest BCUT2D eigenvalue weighted by atomic mass is 10.0. The second kappa shape index (κ2) is 11.8. The van der Waals surface area contributed by atoms with Crippen LogP contribution in [0.2, 0.25) is 5.02 Å². The number of carbonyl (C=O) groups is 2. The standard InChI is InChI=1S/C30H39ClN6O3/c1-5-21-18-32-28-26(21)27(31)24(19-33-28)22-7-6-8-23(17-22)37-16-13-35(20-25(37)38)10-9-34-11-14-36(15-12-34)29(39)40-30(2,3)4/h6-8,17-19H,5,9-16,20H2,1-4H3,(H,32,33). The summed E-state index contributed by atoms with van der Waals surface area (Å²) in [5, 5.41) is 1.64. The average molecular weight is 567 g/mol. The summed E-state index contributed by atoms with van der Waals surface area (Å²) >= 11 is 6.86. The van der Waals surface area contributed by atoms with Crippen LogP contribution in [-0.4, -0.2) is 101 Å². The number of halogens is 1. The van der Waals surface area contributed by atoms with E-state index in [4.69, 9.17) is 16.3 Å². The van der Waals surface area contributed by atoms with Gasteiger partial charge in [0.2, 0.25) is 5.91 Å². The molecule has 0 radical (unpaired) electrons. The number of hydrogen-bond acceptors (Lipinski definition) is 6. The predicted molar refractivity (Wildman–Crippen MR) is 159 cm³/mol. The molecule has 2 fully saturated rings. The minimum Gasteiger partial charge on any atom is -0.444 e. The molecule has 40 heavy (non-hydrogen) atoms. The molecule has 0 spiro atoms. The number of rotatable bonds is 6. The number of amides is 2. The second-order valence-corrected chi connectivity index (χ2v) is 11.9. The minimum absolute atomic E-state index is 0.0942. The van der Waals surface area contributed by atoms with E-state index in [1.807, 2.05) is 56.1 Å². The second-order valence-electron chi connectivity index (χ2n) is 11.6. The molecule has 0 saturated carbocycles. The first-order chi connectivity index (χ1) is 19.1. The number of H-pyrrole nitrogens is 1. The molecule has 1 N–H and O–H groups in total. The molecule has 2 saturated heterocycles. The van der Waals surface area contributed by atoms with Gasteiger partial charge in [-0.3, -0.25) is 14.6 Å². The van der Waals surface area contributed by atoms with Crippen molar-refractivity contribution in [2.75, 3.05) is 63.8 Å². The molecule has 3 aromatic rings. The molecule has 5 rings (SSSR count). The number of aryl methyl sites for hydroxylation is 1. The molecule has 9 nitrogen and oxygen atoms in total. The molecular formula is C30H39ClN6O3. The van der Waals surface area contributed by atoms with E-state index in [1.165, 1.54) is 0 Å². The zero-order valence-electron chi connectivity index (χ0n) is 23.9. The van der Waals surface area contributed by atoms with E-state index in [0.29, 0.717) is 31.2 Å². The van der Waals surface area contributed by atoms with Crippen LogP contribution in [0.1, 0.15) is 33.3 Å². The maximum absolute atomic E-state index is 13.2. The van der Waals surface area contributed by atoms with Crippen LogP contribution in [-0.2, 0) is 16.0 Å². The Kier molecular flexibility index (Phi) is 8.35. The number of nitrogens with one attached hydrogen (secondary N) is 1. The first kappa shape index (κ1) is 28.4. The van der Waals surface area contributed by atoms with Crippen molar-refractivity contribution in [1.82, 2.24) is 24.7 Å². The van der Waals surface area contributed by atoms with E-state index < -0.39 is 5.60 Å². The number of pyridine rings is 1. The van der Waals surface area contributed by atoms with Crippen molar-refractivity contribution in [2.45, 2.75) is 39.7 Å². The van der Waals surface area contributed by atoms with Gasteiger partial charge in [0.05, 0.1) is 11.6 Å². The summed E-state index contributed by atoms with van der Waals surface area (Å²) in [6.45, 7) is 14.2. The quantitative estimate of drug-likeness (QED) is 0.468. The van der Waals surface area contributed by atoms with Crippen LogP contribution < -0.4 is 4.90 Å². The maximum Gasteiger partial charge on any atom is 0.410 e. The number of fused-ring (bicyclic) bond motifs is 1.